The molecule has 0 radical (unpaired) electrons. The Morgan fingerprint density at radius 1 is 0.962 bits per heavy atom. The minimum atomic E-state index is -2.58. The standard InChI is InChI=1S/C45H57F2N3O2/c1-5-9-12-15-21-35-25-26-37-30-38(32-48)40(33-49)43(39-24-17-16-22-36(39)31-41(46)47)42(37)44(35)52-29-20-23-34(8-4)45(51)50(27-18-13-10-6-2)28-19-14-11-7-3/h8,16-17,20,22-24,26,29-30,35,41H,4-7,9-15,18-19,21,25,27-28,31H2,1-3H3/b29-20+,34-23+. The fourth-order valence-electron chi connectivity index (χ4n) is 6.95. The van der Waals surface area contributed by atoms with Crippen LogP contribution in [-0.4, -0.2) is 30.3 Å². The molecule has 52 heavy (non-hydrogen) atoms. The molecule has 278 valence electrons. The Kier molecular flexibility index (Phi) is 18.7. The number of alkyl halides is 2. The zero-order valence-corrected chi connectivity index (χ0v) is 31.6. The van der Waals surface area contributed by atoms with Gasteiger partial charge < -0.3 is 9.64 Å². The van der Waals surface area contributed by atoms with Crippen LogP contribution in [0, 0.1) is 28.6 Å². The van der Waals surface area contributed by atoms with Gasteiger partial charge in [0.1, 0.15) is 17.9 Å². The topological polar surface area (TPSA) is 77.1 Å². The van der Waals surface area contributed by atoms with Crippen LogP contribution in [0.15, 0.2) is 67.0 Å². The number of unbranched alkanes of at least 4 members (excludes halogenated alkanes) is 9. The van der Waals surface area contributed by atoms with Gasteiger partial charge in [-0.15, -0.1) is 0 Å². The maximum Gasteiger partial charge on any atom is 0.253 e. The van der Waals surface area contributed by atoms with E-state index in [-0.39, 0.29) is 23.0 Å². The Morgan fingerprint density at radius 3 is 2.21 bits per heavy atom. The van der Waals surface area contributed by atoms with Crippen LogP contribution in [0.4, 0.5) is 8.78 Å². The van der Waals surface area contributed by atoms with Crippen molar-refractivity contribution in [1.29, 1.82) is 10.5 Å². The number of nitriles is 2. The second-order valence-electron chi connectivity index (χ2n) is 13.7. The van der Waals surface area contributed by atoms with Crippen molar-refractivity contribution in [2.24, 2.45) is 5.92 Å². The maximum absolute atomic E-state index is 13.8. The van der Waals surface area contributed by atoms with E-state index in [1.165, 1.54) is 0 Å². The fourth-order valence-corrected chi connectivity index (χ4v) is 6.95. The van der Waals surface area contributed by atoms with E-state index in [0.29, 0.717) is 52.8 Å². The summed E-state index contributed by atoms with van der Waals surface area (Å²) in [5.74, 6) is 0.564. The number of amides is 1. The number of ether oxygens (including phenoxy) is 1. The smallest absolute Gasteiger partial charge is 0.253 e. The average molecular weight is 710 g/mol. The van der Waals surface area contributed by atoms with Crippen LogP contribution >= 0.6 is 0 Å². The van der Waals surface area contributed by atoms with Crippen molar-refractivity contribution >= 4 is 17.7 Å². The number of fused-ring (bicyclic) bond motifs is 1. The molecule has 0 saturated heterocycles. The number of benzene rings is 2. The lowest BCUT2D eigenvalue weighted by atomic mass is 9.83. The zero-order chi connectivity index (χ0) is 37.7. The second kappa shape index (κ2) is 23.1. The van der Waals surface area contributed by atoms with Crippen molar-refractivity contribution in [1.82, 2.24) is 4.90 Å². The Balaban J connectivity index is 2.13. The first-order valence-electron chi connectivity index (χ1n) is 19.4. The van der Waals surface area contributed by atoms with Gasteiger partial charge in [0.05, 0.1) is 17.4 Å². The highest BCUT2D eigenvalue weighted by Crippen LogP contribution is 2.32. The first kappa shape index (κ1) is 41.9. The Morgan fingerprint density at radius 2 is 1.62 bits per heavy atom. The van der Waals surface area contributed by atoms with Crippen LogP contribution in [0.2, 0.25) is 0 Å². The molecule has 2 aromatic rings. The third-order valence-electron chi connectivity index (χ3n) is 9.76. The van der Waals surface area contributed by atoms with Gasteiger partial charge in [0.25, 0.3) is 5.91 Å². The molecule has 1 unspecified atom stereocenters. The molecule has 2 aromatic carbocycles. The van der Waals surface area contributed by atoms with E-state index < -0.39 is 12.8 Å². The fraction of sp³-hybridized carbons (Fsp3) is 0.489. The predicted octanol–water partition coefficient (Wildman–Crippen LogP) is 10.4. The van der Waals surface area contributed by atoms with Gasteiger partial charge >= 0.3 is 0 Å². The molecule has 0 aromatic heterocycles. The highest BCUT2D eigenvalue weighted by Gasteiger charge is 2.26. The molecule has 3 rings (SSSR count). The van der Waals surface area contributed by atoms with Crippen molar-refractivity contribution < 1.29 is 18.3 Å². The minimum absolute atomic E-state index is 0.0271. The molecule has 0 saturated carbocycles. The molecule has 0 heterocycles. The molecule has 1 amide bonds. The number of hydrogen-bond acceptors (Lipinski definition) is 4. The van der Waals surface area contributed by atoms with Gasteiger partial charge in [-0.3, -0.25) is 4.79 Å². The van der Waals surface area contributed by atoms with Gasteiger partial charge in [-0.1, -0.05) is 128 Å². The summed E-state index contributed by atoms with van der Waals surface area (Å²) in [6.07, 6.45) is 20.1. The van der Waals surface area contributed by atoms with Gasteiger partial charge in [0.15, 0.2) is 0 Å². The monoisotopic (exact) mass is 709 g/mol. The quantitative estimate of drug-likeness (QED) is 0.0498. The highest BCUT2D eigenvalue weighted by molar-refractivity contribution is 5.96. The molecule has 1 aliphatic carbocycles. The van der Waals surface area contributed by atoms with Gasteiger partial charge in [0.2, 0.25) is 6.43 Å². The van der Waals surface area contributed by atoms with E-state index in [1.54, 1.807) is 54.8 Å². The first-order valence-corrected chi connectivity index (χ1v) is 19.4. The summed E-state index contributed by atoms with van der Waals surface area (Å²) >= 11 is 0. The van der Waals surface area contributed by atoms with Gasteiger partial charge in [-0.2, -0.15) is 10.5 Å². The molecule has 1 atom stereocenters. The lowest BCUT2D eigenvalue weighted by Gasteiger charge is -2.24. The van der Waals surface area contributed by atoms with Crippen molar-refractivity contribution in [3.05, 3.63) is 94.1 Å². The molecular formula is C45H57F2N3O2. The van der Waals surface area contributed by atoms with Gasteiger partial charge in [-0.25, -0.2) is 8.78 Å². The number of carbonyl (C=O) groups excluding carboxylic acids is 1. The lowest BCUT2D eigenvalue weighted by molar-refractivity contribution is -0.127. The Bertz CT molecular complexity index is 1730. The maximum atomic E-state index is 13.8. The first-order chi connectivity index (χ1) is 25.3. The van der Waals surface area contributed by atoms with E-state index in [9.17, 15) is 24.1 Å². The normalized spacial score (nSPS) is 14.1. The van der Waals surface area contributed by atoms with Crippen LogP contribution in [-0.2, 0) is 16.0 Å². The number of halogens is 2. The lowest BCUT2D eigenvalue weighted by Crippen LogP contribution is -2.37. The summed E-state index contributed by atoms with van der Waals surface area (Å²) in [7, 11) is 0. The number of allylic oxidation sites excluding steroid dienone is 2. The summed E-state index contributed by atoms with van der Waals surface area (Å²) < 4.78 is 34.2. The van der Waals surface area contributed by atoms with Gasteiger partial charge in [0, 0.05) is 41.8 Å². The van der Waals surface area contributed by atoms with Crippen molar-refractivity contribution in [3.63, 3.8) is 0 Å². The molecule has 7 heteroatoms. The van der Waals surface area contributed by atoms with Crippen LogP contribution in [0.1, 0.15) is 127 Å². The SMILES string of the molecule is C=C/C(=C\C=C\OC1=c2c(-c3ccccc3CC(F)F)c(C#N)c(C#N)cc2=CCC1CCCCCC)C(=O)N(CCCCCC)CCCCCC. The van der Waals surface area contributed by atoms with Crippen molar-refractivity contribution in [3.8, 4) is 23.3 Å². The Labute approximate surface area is 310 Å². The summed E-state index contributed by atoms with van der Waals surface area (Å²) in [6.45, 7) is 11.9. The van der Waals surface area contributed by atoms with E-state index >= 15 is 0 Å². The predicted molar refractivity (Wildman–Crippen MR) is 208 cm³/mol. The summed E-state index contributed by atoms with van der Waals surface area (Å²) in [5.41, 5.74) is 2.17. The highest BCUT2D eigenvalue weighted by atomic mass is 19.3. The van der Waals surface area contributed by atoms with E-state index in [4.69, 9.17) is 4.74 Å². The summed E-state index contributed by atoms with van der Waals surface area (Å²) in [4.78, 5) is 15.7. The zero-order valence-electron chi connectivity index (χ0n) is 31.6. The van der Waals surface area contributed by atoms with Crippen LogP contribution < -0.4 is 10.4 Å². The van der Waals surface area contributed by atoms with Crippen LogP contribution in [0.5, 0.6) is 0 Å². The summed E-state index contributed by atoms with van der Waals surface area (Å²) in [6, 6.07) is 13.0. The third-order valence-corrected chi connectivity index (χ3v) is 9.76. The molecule has 1 aliphatic rings. The number of rotatable bonds is 23. The average Bonchev–Trinajstić information content (AvgIpc) is 3.15. The number of hydrogen-bond donors (Lipinski definition) is 0. The molecular weight excluding hydrogens is 653 g/mol. The second-order valence-corrected chi connectivity index (χ2v) is 13.7. The third kappa shape index (κ3) is 12.0. The molecule has 0 bridgehead atoms. The molecule has 0 fully saturated rings. The van der Waals surface area contributed by atoms with Crippen LogP contribution in [0.3, 0.4) is 0 Å². The van der Waals surface area contributed by atoms with Gasteiger partial charge in [-0.05, 0) is 60.2 Å². The molecule has 0 spiro atoms. The molecule has 5 nitrogen and oxygen atoms in total. The number of carbonyl (C=O) groups is 1. The largest absolute Gasteiger partial charge is 0.468 e. The van der Waals surface area contributed by atoms with Crippen molar-refractivity contribution in [2.45, 2.75) is 124 Å². The summed E-state index contributed by atoms with van der Waals surface area (Å²) in [5, 5.41) is 21.9. The van der Waals surface area contributed by atoms with E-state index in [1.807, 2.05) is 4.90 Å². The van der Waals surface area contributed by atoms with E-state index in [0.717, 1.165) is 88.7 Å². The molecule has 0 aliphatic heterocycles. The van der Waals surface area contributed by atoms with Crippen LogP contribution in [0.25, 0.3) is 23.0 Å². The molecule has 0 N–H and O–H groups in total. The minimum Gasteiger partial charge on any atom is -0.468 e. The Hall–Kier alpha value is -4.49. The van der Waals surface area contributed by atoms with E-state index in [2.05, 4.69) is 45.6 Å². The van der Waals surface area contributed by atoms with Crippen molar-refractivity contribution in [2.75, 3.05) is 13.1 Å². The number of nitrogens with zero attached hydrogens (tertiary/aromatic N) is 3.